The molecular weight excluding hydrogens is 348 g/mol. The Morgan fingerprint density at radius 3 is 2.59 bits per heavy atom. The molecule has 0 spiro atoms. The second kappa shape index (κ2) is 8.96. The minimum Gasteiger partial charge on any atom is -0.379 e. The number of nitrogens with zero attached hydrogens (tertiary/aromatic N) is 3. The maximum atomic E-state index is 12.8. The molecule has 27 heavy (non-hydrogen) atoms. The molecule has 8 heteroatoms. The second-order valence-electron chi connectivity index (χ2n) is 6.65. The first-order chi connectivity index (χ1) is 13.1. The molecule has 1 aromatic heterocycles. The fourth-order valence-corrected chi connectivity index (χ4v) is 3.32. The molecule has 3 rings (SSSR count). The molecule has 1 aliphatic heterocycles. The molecule has 0 bridgehead atoms. The molecular formula is C19H26N4O4. The number of benzene rings is 1. The number of aromatic nitrogens is 2. The van der Waals surface area contributed by atoms with E-state index in [2.05, 4.69) is 10.2 Å². The Balaban J connectivity index is 1.76. The summed E-state index contributed by atoms with van der Waals surface area (Å²) in [6.45, 7) is 6.56. The lowest BCUT2D eigenvalue weighted by atomic mass is 10.2. The molecule has 146 valence electrons. The average Bonchev–Trinajstić information content (AvgIpc) is 2.69. The Labute approximate surface area is 157 Å². The molecule has 0 radical (unpaired) electrons. The molecule has 0 atom stereocenters. The lowest BCUT2D eigenvalue weighted by Gasteiger charge is -2.26. The normalized spacial score (nSPS) is 15.1. The van der Waals surface area contributed by atoms with E-state index in [4.69, 9.17) is 4.74 Å². The molecule has 2 aromatic rings. The number of rotatable bonds is 7. The van der Waals surface area contributed by atoms with Crippen LogP contribution in [0.5, 0.6) is 0 Å². The van der Waals surface area contributed by atoms with Gasteiger partial charge in [0.15, 0.2) is 0 Å². The summed E-state index contributed by atoms with van der Waals surface area (Å²) in [7, 11) is 0. The fourth-order valence-electron chi connectivity index (χ4n) is 3.32. The first-order valence-electron chi connectivity index (χ1n) is 9.41. The van der Waals surface area contributed by atoms with Crippen molar-refractivity contribution in [1.29, 1.82) is 0 Å². The van der Waals surface area contributed by atoms with Crippen molar-refractivity contribution < 1.29 is 9.53 Å². The zero-order chi connectivity index (χ0) is 19.2. The van der Waals surface area contributed by atoms with Crippen LogP contribution in [0.25, 0.3) is 10.9 Å². The third-order valence-corrected chi connectivity index (χ3v) is 4.74. The van der Waals surface area contributed by atoms with Crippen LogP contribution in [0, 0.1) is 0 Å². The molecule has 1 saturated heterocycles. The van der Waals surface area contributed by atoms with Gasteiger partial charge in [0.05, 0.1) is 24.1 Å². The lowest BCUT2D eigenvalue weighted by molar-refractivity contribution is -0.121. The highest BCUT2D eigenvalue weighted by molar-refractivity contribution is 5.81. The maximum Gasteiger partial charge on any atom is 0.331 e. The Kier molecular flexibility index (Phi) is 6.41. The summed E-state index contributed by atoms with van der Waals surface area (Å²) in [5.41, 5.74) is -0.256. The number of hydrogen-bond acceptors (Lipinski definition) is 5. The number of fused-ring (bicyclic) bond motifs is 1. The molecule has 0 unspecified atom stereocenters. The van der Waals surface area contributed by atoms with E-state index in [1.165, 1.54) is 9.13 Å². The Hall–Kier alpha value is -2.45. The summed E-state index contributed by atoms with van der Waals surface area (Å²) >= 11 is 0. The van der Waals surface area contributed by atoms with Crippen LogP contribution in [0.2, 0.25) is 0 Å². The minimum atomic E-state index is -0.441. The van der Waals surface area contributed by atoms with Gasteiger partial charge in [-0.2, -0.15) is 0 Å². The van der Waals surface area contributed by atoms with Gasteiger partial charge in [-0.15, -0.1) is 0 Å². The van der Waals surface area contributed by atoms with Crippen LogP contribution in [0.1, 0.15) is 13.3 Å². The van der Waals surface area contributed by atoms with Crippen molar-refractivity contribution in [2.45, 2.75) is 26.4 Å². The molecule has 1 aliphatic rings. The number of carbonyl (C=O) groups is 1. The summed E-state index contributed by atoms with van der Waals surface area (Å²) in [5.74, 6) is -0.239. The van der Waals surface area contributed by atoms with Gasteiger partial charge in [0.25, 0.3) is 5.56 Å². The molecule has 0 saturated carbocycles. The van der Waals surface area contributed by atoms with Crippen molar-refractivity contribution in [3.8, 4) is 0 Å². The van der Waals surface area contributed by atoms with E-state index in [-0.39, 0.29) is 18.0 Å². The Morgan fingerprint density at radius 2 is 1.85 bits per heavy atom. The monoisotopic (exact) mass is 374 g/mol. The highest BCUT2D eigenvalue weighted by Gasteiger charge is 2.15. The van der Waals surface area contributed by atoms with Gasteiger partial charge >= 0.3 is 5.69 Å². The maximum absolute atomic E-state index is 12.8. The van der Waals surface area contributed by atoms with E-state index in [1.807, 2.05) is 6.92 Å². The van der Waals surface area contributed by atoms with Crippen molar-refractivity contribution in [2.24, 2.45) is 0 Å². The summed E-state index contributed by atoms with van der Waals surface area (Å²) < 4.78 is 7.90. The van der Waals surface area contributed by atoms with Crippen molar-refractivity contribution in [3.05, 3.63) is 45.1 Å². The van der Waals surface area contributed by atoms with E-state index in [0.29, 0.717) is 43.6 Å². The molecule has 1 aromatic carbocycles. The second-order valence-corrected chi connectivity index (χ2v) is 6.65. The molecule has 2 heterocycles. The van der Waals surface area contributed by atoms with E-state index in [1.54, 1.807) is 24.3 Å². The number of hydrogen-bond donors (Lipinski definition) is 1. The van der Waals surface area contributed by atoms with Crippen LogP contribution in [0.15, 0.2) is 33.9 Å². The van der Waals surface area contributed by atoms with E-state index >= 15 is 0 Å². The van der Waals surface area contributed by atoms with Gasteiger partial charge in [-0.25, -0.2) is 4.79 Å². The van der Waals surface area contributed by atoms with Gasteiger partial charge in [0.1, 0.15) is 6.54 Å². The average molecular weight is 374 g/mol. The molecule has 1 fully saturated rings. The number of amides is 1. The van der Waals surface area contributed by atoms with Gasteiger partial charge in [-0.1, -0.05) is 19.1 Å². The van der Waals surface area contributed by atoms with Gasteiger partial charge in [-0.3, -0.25) is 23.6 Å². The van der Waals surface area contributed by atoms with Crippen LogP contribution in [-0.2, 0) is 22.6 Å². The number of morpholine rings is 1. The van der Waals surface area contributed by atoms with E-state index < -0.39 is 5.69 Å². The largest absolute Gasteiger partial charge is 0.379 e. The van der Waals surface area contributed by atoms with Gasteiger partial charge < -0.3 is 10.1 Å². The molecule has 8 nitrogen and oxygen atoms in total. The minimum absolute atomic E-state index is 0.105. The predicted molar refractivity (Wildman–Crippen MR) is 103 cm³/mol. The van der Waals surface area contributed by atoms with Crippen molar-refractivity contribution in [3.63, 3.8) is 0 Å². The smallest absolute Gasteiger partial charge is 0.331 e. The standard InChI is InChI=1S/C19H26N4O4/c1-2-8-22-18(25)15-5-3-4-6-16(15)23(19(22)26)14-17(24)20-7-9-21-10-12-27-13-11-21/h3-6H,2,7-14H2,1H3,(H,20,24). The Bertz CT molecular complexity index is 912. The highest BCUT2D eigenvalue weighted by atomic mass is 16.5. The van der Waals surface area contributed by atoms with Crippen LogP contribution in [-0.4, -0.2) is 59.3 Å². The first-order valence-corrected chi connectivity index (χ1v) is 9.41. The molecule has 0 aliphatic carbocycles. The van der Waals surface area contributed by atoms with Crippen LogP contribution in [0.3, 0.4) is 0 Å². The first kappa shape index (κ1) is 19.3. The van der Waals surface area contributed by atoms with Gasteiger partial charge in [0.2, 0.25) is 5.91 Å². The van der Waals surface area contributed by atoms with Crippen molar-refractivity contribution in [1.82, 2.24) is 19.4 Å². The van der Waals surface area contributed by atoms with Crippen LogP contribution < -0.4 is 16.6 Å². The van der Waals surface area contributed by atoms with Crippen LogP contribution in [0.4, 0.5) is 0 Å². The fraction of sp³-hybridized carbons (Fsp3) is 0.526. The zero-order valence-corrected chi connectivity index (χ0v) is 15.6. The number of para-hydroxylation sites is 1. The van der Waals surface area contributed by atoms with Crippen molar-refractivity contribution in [2.75, 3.05) is 39.4 Å². The zero-order valence-electron chi connectivity index (χ0n) is 15.6. The third kappa shape index (κ3) is 4.45. The molecule has 1 amide bonds. The Morgan fingerprint density at radius 1 is 1.11 bits per heavy atom. The van der Waals surface area contributed by atoms with Crippen molar-refractivity contribution >= 4 is 16.8 Å². The van der Waals surface area contributed by atoms with E-state index in [9.17, 15) is 14.4 Å². The highest BCUT2D eigenvalue weighted by Crippen LogP contribution is 2.07. The van der Waals surface area contributed by atoms with Gasteiger partial charge in [0, 0.05) is 32.7 Å². The summed E-state index contributed by atoms with van der Waals surface area (Å²) in [4.78, 5) is 40.0. The summed E-state index contributed by atoms with van der Waals surface area (Å²) in [6.07, 6.45) is 0.666. The quantitative estimate of drug-likeness (QED) is 0.739. The number of nitrogens with one attached hydrogen (secondary N) is 1. The SMILES string of the molecule is CCCn1c(=O)c2ccccc2n(CC(=O)NCCN2CCOCC2)c1=O. The lowest BCUT2D eigenvalue weighted by Crippen LogP contribution is -2.44. The van der Waals surface area contributed by atoms with Gasteiger partial charge in [-0.05, 0) is 18.6 Å². The van der Waals surface area contributed by atoms with E-state index in [0.717, 1.165) is 19.6 Å². The topological polar surface area (TPSA) is 85.6 Å². The summed E-state index contributed by atoms with van der Waals surface area (Å²) in [6, 6.07) is 6.92. The summed E-state index contributed by atoms with van der Waals surface area (Å²) in [5, 5.41) is 3.32. The van der Waals surface area contributed by atoms with Crippen LogP contribution >= 0.6 is 0 Å². The number of carbonyl (C=O) groups excluding carboxylic acids is 1. The third-order valence-electron chi connectivity index (χ3n) is 4.74. The predicted octanol–water partition coefficient (Wildman–Crippen LogP) is 0.0216. The molecule has 1 N–H and O–H groups in total. The number of ether oxygens (including phenoxy) is 1.